The van der Waals surface area contributed by atoms with Gasteiger partial charge in [0.1, 0.15) is 5.82 Å². The number of anilines is 1. The van der Waals surface area contributed by atoms with E-state index < -0.39 is 11.7 Å². The van der Waals surface area contributed by atoms with Gasteiger partial charge in [0.05, 0.1) is 5.56 Å². The van der Waals surface area contributed by atoms with E-state index in [1.807, 2.05) is 6.92 Å². The lowest BCUT2D eigenvalue weighted by Crippen LogP contribution is -2.16. The second kappa shape index (κ2) is 5.86. The van der Waals surface area contributed by atoms with Crippen LogP contribution in [0, 0.1) is 5.92 Å². The summed E-state index contributed by atoms with van der Waals surface area (Å²) in [5.74, 6) is 0.811. The predicted molar refractivity (Wildman–Crippen MR) is 60.6 cm³/mol. The molecule has 0 saturated carbocycles. The zero-order chi connectivity index (χ0) is 12.9. The van der Waals surface area contributed by atoms with Crippen LogP contribution in [0.15, 0.2) is 18.3 Å². The predicted octanol–water partition coefficient (Wildman–Crippen LogP) is 2.50. The number of rotatable bonds is 5. The van der Waals surface area contributed by atoms with Gasteiger partial charge in [0, 0.05) is 12.7 Å². The molecule has 0 saturated heterocycles. The molecular formula is C11H16F3N3. The van der Waals surface area contributed by atoms with Crippen molar-refractivity contribution < 1.29 is 13.2 Å². The van der Waals surface area contributed by atoms with Gasteiger partial charge < -0.3 is 11.1 Å². The molecule has 17 heavy (non-hydrogen) atoms. The van der Waals surface area contributed by atoms with E-state index in [0.717, 1.165) is 18.7 Å². The molecule has 0 aliphatic carbocycles. The average Bonchev–Trinajstić information content (AvgIpc) is 2.26. The van der Waals surface area contributed by atoms with Crippen molar-refractivity contribution in [3.63, 3.8) is 0 Å². The zero-order valence-electron chi connectivity index (χ0n) is 9.59. The lowest BCUT2D eigenvalue weighted by Gasteiger charge is -2.12. The third-order valence-corrected chi connectivity index (χ3v) is 2.38. The van der Waals surface area contributed by atoms with E-state index in [0.29, 0.717) is 24.8 Å². The van der Waals surface area contributed by atoms with Crippen molar-refractivity contribution in [3.05, 3.63) is 23.9 Å². The molecular weight excluding hydrogens is 231 g/mol. The minimum Gasteiger partial charge on any atom is -0.370 e. The summed E-state index contributed by atoms with van der Waals surface area (Å²) in [4.78, 5) is 3.71. The topological polar surface area (TPSA) is 50.9 Å². The molecule has 3 N–H and O–H groups in total. The lowest BCUT2D eigenvalue weighted by molar-refractivity contribution is -0.137. The first-order valence-corrected chi connectivity index (χ1v) is 5.40. The fourth-order valence-electron chi connectivity index (χ4n) is 1.33. The normalized spacial score (nSPS) is 13.5. The Kier molecular flexibility index (Phi) is 4.74. The number of nitrogens with one attached hydrogen (secondary N) is 1. The van der Waals surface area contributed by atoms with Gasteiger partial charge in [-0.25, -0.2) is 4.98 Å². The van der Waals surface area contributed by atoms with E-state index >= 15 is 0 Å². The summed E-state index contributed by atoms with van der Waals surface area (Å²) in [6.45, 7) is 3.27. The van der Waals surface area contributed by atoms with E-state index in [4.69, 9.17) is 5.73 Å². The molecule has 0 fully saturated rings. The summed E-state index contributed by atoms with van der Waals surface area (Å²) in [6, 6.07) is 2.35. The van der Waals surface area contributed by atoms with Crippen LogP contribution in [0.5, 0.6) is 0 Å². The van der Waals surface area contributed by atoms with E-state index in [9.17, 15) is 13.2 Å². The highest BCUT2D eigenvalue weighted by Crippen LogP contribution is 2.28. The number of nitrogens with two attached hydrogens (primary N) is 1. The average molecular weight is 247 g/mol. The highest BCUT2D eigenvalue weighted by molar-refractivity contribution is 5.36. The molecule has 0 aliphatic heterocycles. The van der Waals surface area contributed by atoms with E-state index in [2.05, 4.69) is 10.3 Å². The van der Waals surface area contributed by atoms with Crippen LogP contribution in [0.4, 0.5) is 19.0 Å². The van der Waals surface area contributed by atoms with Crippen molar-refractivity contribution in [2.75, 3.05) is 18.4 Å². The number of alkyl halides is 3. The highest BCUT2D eigenvalue weighted by atomic mass is 19.4. The Labute approximate surface area is 98.2 Å². The quantitative estimate of drug-likeness (QED) is 0.840. The summed E-state index contributed by atoms with van der Waals surface area (Å²) >= 11 is 0. The monoisotopic (exact) mass is 247 g/mol. The maximum absolute atomic E-state index is 12.3. The van der Waals surface area contributed by atoms with Gasteiger partial charge in [-0.15, -0.1) is 0 Å². The fourth-order valence-corrected chi connectivity index (χ4v) is 1.33. The lowest BCUT2D eigenvalue weighted by atomic mass is 10.1. The summed E-state index contributed by atoms with van der Waals surface area (Å²) in [7, 11) is 0. The van der Waals surface area contributed by atoms with Gasteiger partial charge in [-0.3, -0.25) is 0 Å². The molecule has 0 radical (unpaired) electrons. The Balaban J connectivity index is 2.51. The minimum atomic E-state index is -4.33. The van der Waals surface area contributed by atoms with Crippen LogP contribution in [-0.2, 0) is 6.18 Å². The van der Waals surface area contributed by atoms with E-state index in [-0.39, 0.29) is 0 Å². The van der Waals surface area contributed by atoms with Crippen LogP contribution >= 0.6 is 0 Å². The SMILES string of the molecule is CC(CCN)CNc1ccc(C(F)(F)F)cn1. The van der Waals surface area contributed by atoms with Gasteiger partial charge >= 0.3 is 6.18 Å². The van der Waals surface area contributed by atoms with Crippen LogP contribution < -0.4 is 11.1 Å². The third-order valence-electron chi connectivity index (χ3n) is 2.38. The molecule has 6 heteroatoms. The summed E-state index contributed by atoms with van der Waals surface area (Å²) in [5, 5.41) is 2.97. The van der Waals surface area contributed by atoms with Crippen LogP contribution in [0.2, 0.25) is 0 Å². The summed E-state index contributed by atoms with van der Waals surface area (Å²) in [6.07, 6.45) is -2.64. The van der Waals surface area contributed by atoms with Gasteiger partial charge in [0.15, 0.2) is 0 Å². The molecule has 0 aromatic carbocycles. The Morgan fingerprint density at radius 3 is 2.59 bits per heavy atom. The fraction of sp³-hybridized carbons (Fsp3) is 0.545. The highest BCUT2D eigenvalue weighted by Gasteiger charge is 2.30. The van der Waals surface area contributed by atoms with Gasteiger partial charge in [-0.2, -0.15) is 13.2 Å². The summed E-state index contributed by atoms with van der Waals surface area (Å²) < 4.78 is 36.8. The Bertz CT molecular complexity index is 335. The molecule has 1 unspecified atom stereocenters. The maximum Gasteiger partial charge on any atom is 0.417 e. The smallest absolute Gasteiger partial charge is 0.370 e. The molecule has 0 aliphatic rings. The number of hydrogen-bond donors (Lipinski definition) is 2. The first-order chi connectivity index (χ1) is 7.93. The van der Waals surface area contributed by atoms with Crippen molar-refractivity contribution in [3.8, 4) is 0 Å². The van der Waals surface area contributed by atoms with Crippen molar-refractivity contribution in [2.24, 2.45) is 11.7 Å². The van der Waals surface area contributed by atoms with Crippen molar-refractivity contribution >= 4 is 5.82 Å². The molecule has 0 bridgehead atoms. The second-order valence-electron chi connectivity index (χ2n) is 3.99. The molecule has 1 aromatic heterocycles. The maximum atomic E-state index is 12.3. The molecule has 3 nitrogen and oxygen atoms in total. The number of hydrogen-bond acceptors (Lipinski definition) is 3. The largest absolute Gasteiger partial charge is 0.417 e. The van der Waals surface area contributed by atoms with Crippen molar-refractivity contribution in [1.82, 2.24) is 4.98 Å². The Morgan fingerprint density at radius 1 is 1.41 bits per heavy atom. The van der Waals surface area contributed by atoms with Crippen LogP contribution in [0.1, 0.15) is 18.9 Å². The zero-order valence-corrected chi connectivity index (χ0v) is 9.59. The molecule has 1 rings (SSSR count). The molecule has 0 amide bonds. The minimum absolute atomic E-state index is 0.365. The van der Waals surface area contributed by atoms with Crippen LogP contribution in [0.25, 0.3) is 0 Å². The third kappa shape index (κ3) is 4.60. The molecule has 1 atom stereocenters. The van der Waals surface area contributed by atoms with Crippen molar-refractivity contribution in [1.29, 1.82) is 0 Å². The molecule has 1 aromatic rings. The number of halogens is 3. The number of aromatic nitrogens is 1. The summed E-state index contributed by atoms with van der Waals surface area (Å²) in [5.41, 5.74) is 4.66. The van der Waals surface area contributed by atoms with Gasteiger partial charge in [-0.1, -0.05) is 6.92 Å². The Hall–Kier alpha value is -1.30. The van der Waals surface area contributed by atoms with E-state index in [1.165, 1.54) is 6.07 Å². The second-order valence-corrected chi connectivity index (χ2v) is 3.99. The molecule has 96 valence electrons. The Morgan fingerprint density at radius 2 is 2.12 bits per heavy atom. The first kappa shape index (κ1) is 13.8. The molecule has 0 spiro atoms. The van der Waals surface area contributed by atoms with Gasteiger partial charge in [0.25, 0.3) is 0 Å². The first-order valence-electron chi connectivity index (χ1n) is 5.40. The van der Waals surface area contributed by atoms with Gasteiger partial charge in [0.2, 0.25) is 0 Å². The van der Waals surface area contributed by atoms with Gasteiger partial charge in [-0.05, 0) is 31.0 Å². The van der Waals surface area contributed by atoms with Crippen LogP contribution in [-0.4, -0.2) is 18.1 Å². The number of pyridine rings is 1. The molecule has 1 heterocycles. The van der Waals surface area contributed by atoms with Crippen molar-refractivity contribution in [2.45, 2.75) is 19.5 Å². The van der Waals surface area contributed by atoms with E-state index in [1.54, 1.807) is 0 Å². The standard InChI is InChI=1S/C11H16F3N3/c1-8(4-5-15)6-16-10-3-2-9(7-17-10)11(12,13)14/h2-3,7-8H,4-6,15H2,1H3,(H,16,17). The number of nitrogens with zero attached hydrogens (tertiary/aromatic N) is 1. The van der Waals surface area contributed by atoms with Crippen LogP contribution in [0.3, 0.4) is 0 Å².